The van der Waals surface area contributed by atoms with E-state index in [0.717, 1.165) is 39.3 Å². The van der Waals surface area contributed by atoms with Crippen molar-refractivity contribution in [1.82, 2.24) is 14.4 Å². The largest absolute Gasteiger partial charge is 0.347 e. The van der Waals surface area contributed by atoms with Crippen molar-refractivity contribution < 1.29 is 4.79 Å². The van der Waals surface area contributed by atoms with E-state index in [-0.39, 0.29) is 5.91 Å². The Morgan fingerprint density at radius 3 is 2.62 bits per heavy atom. The van der Waals surface area contributed by atoms with Gasteiger partial charge in [0.1, 0.15) is 0 Å². The van der Waals surface area contributed by atoms with Gasteiger partial charge in [-0.15, -0.1) is 11.3 Å². The SMILES string of the molecule is O=C(CCn1ccc2ccccc21)N1CCN(Cc2ccc(Br)s2)CC1. The zero-order valence-corrected chi connectivity index (χ0v) is 17.0. The van der Waals surface area contributed by atoms with Crippen LogP contribution in [-0.4, -0.2) is 46.5 Å². The lowest BCUT2D eigenvalue weighted by Crippen LogP contribution is -2.48. The molecule has 1 aliphatic rings. The van der Waals surface area contributed by atoms with E-state index >= 15 is 0 Å². The normalized spacial score (nSPS) is 15.7. The topological polar surface area (TPSA) is 28.5 Å². The first kappa shape index (κ1) is 17.8. The van der Waals surface area contributed by atoms with Crippen LogP contribution in [0.3, 0.4) is 0 Å². The molecule has 0 saturated carbocycles. The van der Waals surface area contributed by atoms with E-state index in [1.807, 2.05) is 17.0 Å². The average Bonchev–Trinajstić information content (AvgIpc) is 3.26. The maximum Gasteiger partial charge on any atom is 0.224 e. The van der Waals surface area contributed by atoms with Gasteiger partial charge < -0.3 is 9.47 Å². The van der Waals surface area contributed by atoms with Gasteiger partial charge in [-0.05, 0) is 45.6 Å². The number of benzene rings is 1. The number of aryl methyl sites for hydroxylation is 1. The lowest BCUT2D eigenvalue weighted by molar-refractivity contribution is -0.133. The second-order valence-corrected chi connectivity index (χ2v) is 9.23. The number of halogens is 1. The third kappa shape index (κ3) is 4.03. The number of thiophene rings is 1. The number of carbonyl (C=O) groups is 1. The third-order valence-electron chi connectivity index (χ3n) is 4.98. The molecule has 0 N–H and O–H groups in total. The summed E-state index contributed by atoms with van der Waals surface area (Å²) >= 11 is 5.31. The van der Waals surface area contributed by atoms with Crippen LogP contribution in [0.2, 0.25) is 0 Å². The summed E-state index contributed by atoms with van der Waals surface area (Å²) < 4.78 is 3.36. The van der Waals surface area contributed by atoms with Crippen LogP contribution in [0.25, 0.3) is 10.9 Å². The smallest absolute Gasteiger partial charge is 0.224 e. The van der Waals surface area contributed by atoms with E-state index in [2.05, 4.69) is 61.9 Å². The van der Waals surface area contributed by atoms with Crippen molar-refractivity contribution in [2.75, 3.05) is 26.2 Å². The second-order valence-electron chi connectivity index (χ2n) is 6.68. The molecular weight excluding hydrogens is 410 g/mol. The number of nitrogens with zero attached hydrogens (tertiary/aromatic N) is 3. The number of rotatable bonds is 5. The molecule has 3 aromatic rings. The Hall–Kier alpha value is -1.63. The number of hydrogen-bond acceptors (Lipinski definition) is 3. The standard InChI is InChI=1S/C20H22BrN3OS/c21-19-6-5-17(26-19)15-22-11-13-24(14-12-22)20(25)8-10-23-9-7-16-3-1-2-4-18(16)23/h1-7,9H,8,10-15H2. The van der Waals surface area contributed by atoms with E-state index in [9.17, 15) is 4.79 Å². The zero-order chi connectivity index (χ0) is 17.9. The highest BCUT2D eigenvalue weighted by molar-refractivity contribution is 9.11. The van der Waals surface area contributed by atoms with Gasteiger partial charge in [-0.25, -0.2) is 0 Å². The minimum absolute atomic E-state index is 0.265. The van der Waals surface area contributed by atoms with Crippen LogP contribution < -0.4 is 0 Å². The number of fused-ring (bicyclic) bond motifs is 1. The zero-order valence-electron chi connectivity index (χ0n) is 14.6. The van der Waals surface area contributed by atoms with Crippen molar-refractivity contribution in [3.8, 4) is 0 Å². The Bertz CT molecular complexity index is 895. The van der Waals surface area contributed by atoms with Gasteiger partial charge in [-0.1, -0.05) is 18.2 Å². The first-order chi connectivity index (χ1) is 12.7. The van der Waals surface area contributed by atoms with Gasteiger partial charge in [0.15, 0.2) is 0 Å². The monoisotopic (exact) mass is 431 g/mol. The van der Waals surface area contributed by atoms with Crippen LogP contribution in [0.5, 0.6) is 0 Å². The van der Waals surface area contributed by atoms with Gasteiger partial charge in [-0.2, -0.15) is 0 Å². The molecule has 2 aromatic heterocycles. The highest BCUT2D eigenvalue weighted by atomic mass is 79.9. The molecule has 1 aromatic carbocycles. The summed E-state index contributed by atoms with van der Waals surface area (Å²) in [6.45, 7) is 5.29. The van der Waals surface area contributed by atoms with Gasteiger partial charge in [0.2, 0.25) is 5.91 Å². The van der Waals surface area contributed by atoms with Crippen molar-refractivity contribution in [1.29, 1.82) is 0 Å². The second kappa shape index (κ2) is 7.94. The number of aromatic nitrogens is 1. The summed E-state index contributed by atoms with van der Waals surface area (Å²) in [5.41, 5.74) is 1.20. The summed E-state index contributed by atoms with van der Waals surface area (Å²) in [6, 6.07) is 14.7. The molecule has 26 heavy (non-hydrogen) atoms. The Morgan fingerprint density at radius 1 is 1.04 bits per heavy atom. The molecule has 6 heteroatoms. The van der Waals surface area contributed by atoms with Crippen LogP contribution in [-0.2, 0) is 17.9 Å². The summed E-state index contributed by atoms with van der Waals surface area (Å²) in [7, 11) is 0. The molecule has 4 rings (SSSR count). The van der Waals surface area contributed by atoms with Crippen LogP contribution in [0.15, 0.2) is 52.4 Å². The Kier molecular flexibility index (Phi) is 5.43. The molecule has 0 unspecified atom stereocenters. The van der Waals surface area contributed by atoms with Crippen LogP contribution in [0, 0.1) is 0 Å². The maximum atomic E-state index is 12.6. The number of para-hydroxylation sites is 1. The summed E-state index contributed by atoms with van der Waals surface area (Å²) in [5.74, 6) is 0.265. The molecule has 0 spiro atoms. The van der Waals surface area contributed by atoms with E-state index < -0.39 is 0 Å². The molecular formula is C20H22BrN3OS. The maximum absolute atomic E-state index is 12.6. The first-order valence-corrected chi connectivity index (χ1v) is 10.6. The van der Waals surface area contributed by atoms with Crippen molar-refractivity contribution >= 4 is 44.1 Å². The van der Waals surface area contributed by atoms with Crippen LogP contribution >= 0.6 is 27.3 Å². The molecule has 0 aliphatic carbocycles. The van der Waals surface area contributed by atoms with Crippen molar-refractivity contribution in [2.45, 2.75) is 19.5 Å². The Balaban J connectivity index is 1.27. The minimum Gasteiger partial charge on any atom is -0.347 e. The van der Waals surface area contributed by atoms with Crippen molar-refractivity contribution in [2.24, 2.45) is 0 Å². The van der Waals surface area contributed by atoms with E-state index in [1.165, 1.54) is 19.6 Å². The summed E-state index contributed by atoms with van der Waals surface area (Å²) in [6.07, 6.45) is 2.64. The molecule has 1 fully saturated rings. The molecule has 1 aliphatic heterocycles. The molecule has 136 valence electrons. The van der Waals surface area contributed by atoms with Crippen molar-refractivity contribution in [3.05, 3.63) is 57.3 Å². The van der Waals surface area contributed by atoms with E-state index in [1.54, 1.807) is 11.3 Å². The predicted molar refractivity (Wildman–Crippen MR) is 110 cm³/mol. The number of piperazine rings is 1. The highest BCUT2D eigenvalue weighted by Crippen LogP contribution is 2.23. The van der Waals surface area contributed by atoms with Crippen LogP contribution in [0.1, 0.15) is 11.3 Å². The van der Waals surface area contributed by atoms with Gasteiger partial charge in [0, 0.05) is 62.3 Å². The van der Waals surface area contributed by atoms with Gasteiger partial charge >= 0.3 is 0 Å². The molecule has 0 radical (unpaired) electrons. The molecule has 1 amide bonds. The minimum atomic E-state index is 0.265. The van der Waals surface area contributed by atoms with Gasteiger partial charge in [-0.3, -0.25) is 9.69 Å². The lowest BCUT2D eigenvalue weighted by Gasteiger charge is -2.34. The number of amides is 1. The molecule has 3 heterocycles. The predicted octanol–water partition coefficient (Wildman–Crippen LogP) is 4.20. The molecule has 0 atom stereocenters. The van der Waals surface area contributed by atoms with E-state index in [4.69, 9.17) is 0 Å². The quantitative estimate of drug-likeness (QED) is 0.605. The fourth-order valence-electron chi connectivity index (χ4n) is 3.52. The average molecular weight is 432 g/mol. The van der Waals surface area contributed by atoms with Crippen molar-refractivity contribution in [3.63, 3.8) is 0 Å². The van der Waals surface area contributed by atoms with Gasteiger partial charge in [0.25, 0.3) is 0 Å². The lowest BCUT2D eigenvalue weighted by atomic mass is 10.2. The Morgan fingerprint density at radius 2 is 1.85 bits per heavy atom. The fourth-order valence-corrected chi connectivity index (χ4v) is 5.05. The van der Waals surface area contributed by atoms with Gasteiger partial charge in [0.05, 0.1) is 3.79 Å². The number of carbonyl (C=O) groups excluding carboxylic acids is 1. The first-order valence-electron chi connectivity index (χ1n) is 8.97. The third-order valence-corrected chi connectivity index (χ3v) is 6.59. The Labute approximate surface area is 166 Å². The summed E-state index contributed by atoms with van der Waals surface area (Å²) in [4.78, 5) is 18.4. The highest BCUT2D eigenvalue weighted by Gasteiger charge is 2.21. The van der Waals surface area contributed by atoms with Crippen LogP contribution in [0.4, 0.5) is 0 Å². The molecule has 1 saturated heterocycles. The van der Waals surface area contributed by atoms with E-state index in [0.29, 0.717) is 6.42 Å². The fraction of sp³-hybridized carbons (Fsp3) is 0.350. The molecule has 4 nitrogen and oxygen atoms in total. The molecule has 0 bridgehead atoms. The number of hydrogen-bond donors (Lipinski definition) is 0. The summed E-state index contributed by atoms with van der Waals surface area (Å²) in [5, 5.41) is 1.23.